The Morgan fingerprint density at radius 2 is 2.26 bits per heavy atom. The molecule has 1 saturated heterocycles. The lowest BCUT2D eigenvalue weighted by atomic mass is 10.0. The SMILES string of the molecule is Cc1nc(N2CCOCC2(C)C)sc1CNC1CC1. The van der Waals surface area contributed by atoms with Gasteiger partial charge in [0, 0.05) is 24.0 Å². The van der Waals surface area contributed by atoms with E-state index >= 15 is 0 Å². The van der Waals surface area contributed by atoms with Crippen LogP contribution in [-0.4, -0.2) is 36.3 Å². The number of thiazole rings is 1. The zero-order chi connectivity index (χ0) is 13.5. The smallest absolute Gasteiger partial charge is 0.186 e. The fourth-order valence-corrected chi connectivity index (χ4v) is 3.63. The Balaban J connectivity index is 1.74. The van der Waals surface area contributed by atoms with E-state index in [1.807, 2.05) is 11.3 Å². The van der Waals surface area contributed by atoms with Crippen molar-refractivity contribution in [2.75, 3.05) is 24.7 Å². The van der Waals surface area contributed by atoms with E-state index in [2.05, 4.69) is 31.0 Å². The Morgan fingerprint density at radius 1 is 1.47 bits per heavy atom. The summed E-state index contributed by atoms with van der Waals surface area (Å²) in [5, 5.41) is 4.73. The minimum Gasteiger partial charge on any atom is -0.377 e. The highest BCUT2D eigenvalue weighted by molar-refractivity contribution is 7.15. The first-order valence-electron chi connectivity index (χ1n) is 7.11. The second kappa shape index (κ2) is 5.04. The van der Waals surface area contributed by atoms with Crippen LogP contribution in [0.2, 0.25) is 0 Å². The van der Waals surface area contributed by atoms with Gasteiger partial charge in [-0.05, 0) is 33.6 Å². The topological polar surface area (TPSA) is 37.4 Å². The normalized spacial score (nSPS) is 22.8. The molecule has 0 unspecified atom stereocenters. The van der Waals surface area contributed by atoms with Crippen LogP contribution in [0.25, 0.3) is 0 Å². The molecule has 5 heteroatoms. The molecular weight excluding hydrogens is 258 g/mol. The van der Waals surface area contributed by atoms with Crippen LogP contribution in [0.15, 0.2) is 0 Å². The maximum Gasteiger partial charge on any atom is 0.186 e. The van der Waals surface area contributed by atoms with Crippen molar-refractivity contribution in [2.45, 2.75) is 51.7 Å². The van der Waals surface area contributed by atoms with E-state index in [0.717, 1.165) is 37.5 Å². The first-order valence-corrected chi connectivity index (χ1v) is 7.93. The van der Waals surface area contributed by atoms with Gasteiger partial charge in [-0.2, -0.15) is 0 Å². The standard InChI is InChI=1S/C14H23N3OS/c1-10-12(8-15-11-4-5-11)19-13(16-10)17-6-7-18-9-14(17,2)3/h11,15H,4-9H2,1-3H3. The monoisotopic (exact) mass is 281 g/mol. The lowest BCUT2D eigenvalue weighted by Gasteiger charge is -2.42. The number of ether oxygens (including phenoxy) is 1. The van der Waals surface area contributed by atoms with Gasteiger partial charge in [-0.3, -0.25) is 0 Å². The van der Waals surface area contributed by atoms with Crippen LogP contribution in [0, 0.1) is 6.92 Å². The second-order valence-electron chi connectivity index (χ2n) is 6.18. The Bertz CT molecular complexity index is 454. The molecule has 1 saturated carbocycles. The fraction of sp³-hybridized carbons (Fsp3) is 0.786. The summed E-state index contributed by atoms with van der Waals surface area (Å²) < 4.78 is 5.58. The number of anilines is 1. The van der Waals surface area contributed by atoms with Crippen LogP contribution < -0.4 is 10.2 Å². The molecule has 1 aromatic heterocycles. The number of nitrogens with zero attached hydrogens (tertiary/aromatic N) is 2. The molecule has 2 heterocycles. The van der Waals surface area contributed by atoms with Crippen molar-refractivity contribution >= 4 is 16.5 Å². The van der Waals surface area contributed by atoms with Gasteiger partial charge in [0.05, 0.1) is 24.4 Å². The van der Waals surface area contributed by atoms with Gasteiger partial charge in [0.1, 0.15) is 0 Å². The van der Waals surface area contributed by atoms with Crippen molar-refractivity contribution in [2.24, 2.45) is 0 Å². The summed E-state index contributed by atoms with van der Waals surface area (Å²) in [7, 11) is 0. The molecule has 0 amide bonds. The van der Waals surface area contributed by atoms with E-state index in [1.165, 1.54) is 23.4 Å². The Hall–Kier alpha value is -0.650. The summed E-state index contributed by atoms with van der Waals surface area (Å²) in [6.07, 6.45) is 2.67. The molecule has 2 fully saturated rings. The predicted octanol–water partition coefficient (Wildman–Crippen LogP) is 2.32. The number of nitrogens with one attached hydrogen (secondary N) is 1. The van der Waals surface area contributed by atoms with Crippen LogP contribution in [0.1, 0.15) is 37.3 Å². The number of aryl methyl sites for hydroxylation is 1. The van der Waals surface area contributed by atoms with Crippen molar-refractivity contribution in [3.05, 3.63) is 10.6 Å². The summed E-state index contributed by atoms with van der Waals surface area (Å²) in [4.78, 5) is 8.55. The zero-order valence-electron chi connectivity index (χ0n) is 12.0. The second-order valence-corrected chi connectivity index (χ2v) is 7.24. The third kappa shape index (κ3) is 2.93. The number of hydrogen-bond donors (Lipinski definition) is 1. The summed E-state index contributed by atoms with van der Waals surface area (Å²) in [5.74, 6) is 0. The van der Waals surface area contributed by atoms with E-state index in [0.29, 0.717) is 0 Å². The van der Waals surface area contributed by atoms with E-state index in [-0.39, 0.29) is 5.54 Å². The van der Waals surface area contributed by atoms with Gasteiger partial charge in [-0.25, -0.2) is 4.98 Å². The van der Waals surface area contributed by atoms with Crippen molar-refractivity contribution < 1.29 is 4.74 Å². The minimum atomic E-state index is 0.0454. The molecule has 106 valence electrons. The molecule has 0 spiro atoms. The van der Waals surface area contributed by atoms with E-state index < -0.39 is 0 Å². The molecule has 4 nitrogen and oxygen atoms in total. The summed E-state index contributed by atoms with van der Waals surface area (Å²) in [6.45, 7) is 10.1. The molecule has 1 aromatic rings. The molecule has 0 bridgehead atoms. The first-order chi connectivity index (χ1) is 9.06. The summed E-state index contributed by atoms with van der Waals surface area (Å²) in [6, 6.07) is 0.754. The maximum atomic E-state index is 5.58. The molecule has 1 N–H and O–H groups in total. The molecule has 1 aliphatic carbocycles. The largest absolute Gasteiger partial charge is 0.377 e. The Kier molecular flexibility index (Phi) is 3.53. The number of morpholine rings is 1. The highest BCUT2D eigenvalue weighted by Crippen LogP contribution is 2.33. The van der Waals surface area contributed by atoms with Crippen LogP contribution in [-0.2, 0) is 11.3 Å². The van der Waals surface area contributed by atoms with Crippen LogP contribution in [0.5, 0.6) is 0 Å². The Morgan fingerprint density at radius 3 is 2.95 bits per heavy atom. The third-order valence-electron chi connectivity index (χ3n) is 3.89. The van der Waals surface area contributed by atoms with Gasteiger partial charge < -0.3 is 15.0 Å². The molecule has 0 radical (unpaired) electrons. The lowest BCUT2D eigenvalue weighted by molar-refractivity contribution is 0.0643. The first kappa shape index (κ1) is 13.3. The van der Waals surface area contributed by atoms with Gasteiger partial charge in [-0.15, -0.1) is 11.3 Å². The molecule has 2 aliphatic rings. The Labute approximate surface area is 119 Å². The van der Waals surface area contributed by atoms with Gasteiger partial charge in [0.2, 0.25) is 0 Å². The average Bonchev–Trinajstić information content (AvgIpc) is 3.10. The van der Waals surface area contributed by atoms with Crippen molar-refractivity contribution in [3.63, 3.8) is 0 Å². The van der Waals surface area contributed by atoms with E-state index in [4.69, 9.17) is 9.72 Å². The fourth-order valence-electron chi connectivity index (χ4n) is 2.43. The molecular formula is C14H23N3OS. The zero-order valence-corrected chi connectivity index (χ0v) is 12.8. The summed E-state index contributed by atoms with van der Waals surface area (Å²) in [5.41, 5.74) is 1.22. The van der Waals surface area contributed by atoms with Crippen molar-refractivity contribution in [1.82, 2.24) is 10.3 Å². The molecule has 3 rings (SSSR count). The molecule has 1 aliphatic heterocycles. The molecule has 0 atom stereocenters. The third-order valence-corrected chi connectivity index (χ3v) is 5.07. The minimum absolute atomic E-state index is 0.0454. The van der Waals surface area contributed by atoms with Crippen LogP contribution in [0.4, 0.5) is 5.13 Å². The maximum absolute atomic E-state index is 5.58. The number of rotatable bonds is 4. The highest BCUT2D eigenvalue weighted by atomic mass is 32.1. The van der Waals surface area contributed by atoms with Gasteiger partial charge in [0.25, 0.3) is 0 Å². The van der Waals surface area contributed by atoms with Crippen LogP contribution >= 0.6 is 11.3 Å². The van der Waals surface area contributed by atoms with Crippen molar-refractivity contribution in [1.29, 1.82) is 0 Å². The summed E-state index contributed by atoms with van der Waals surface area (Å²) >= 11 is 1.83. The van der Waals surface area contributed by atoms with E-state index in [9.17, 15) is 0 Å². The molecule has 0 aromatic carbocycles. The van der Waals surface area contributed by atoms with Gasteiger partial charge in [-0.1, -0.05) is 0 Å². The highest BCUT2D eigenvalue weighted by Gasteiger charge is 2.33. The average molecular weight is 281 g/mol. The van der Waals surface area contributed by atoms with Gasteiger partial charge in [0.15, 0.2) is 5.13 Å². The van der Waals surface area contributed by atoms with Crippen LogP contribution in [0.3, 0.4) is 0 Å². The van der Waals surface area contributed by atoms with E-state index in [1.54, 1.807) is 0 Å². The molecule has 19 heavy (non-hydrogen) atoms. The van der Waals surface area contributed by atoms with Crippen molar-refractivity contribution in [3.8, 4) is 0 Å². The number of hydrogen-bond acceptors (Lipinski definition) is 5. The van der Waals surface area contributed by atoms with Gasteiger partial charge >= 0.3 is 0 Å². The predicted molar refractivity (Wildman–Crippen MR) is 79.0 cm³/mol. The quantitative estimate of drug-likeness (QED) is 0.919. The lowest BCUT2D eigenvalue weighted by Crippen LogP contribution is -2.53. The number of aromatic nitrogens is 1.